The van der Waals surface area contributed by atoms with Crippen LogP contribution in [0.1, 0.15) is 36.6 Å². The topological polar surface area (TPSA) is 75.7 Å². The molecule has 0 unspecified atom stereocenters. The fraction of sp³-hybridized carbons (Fsp3) is 0.0800. The van der Waals surface area contributed by atoms with Crippen LogP contribution in [0.4, 0.5) is 5.69 Å². The van der Waals surface area contributed by atoms with Gasteiger partial charge in [-0.25, -0.2) is 0 Å². The average molecular weight is 410 g/mol. The summed E-state index contributed by atoms with van der Waals surface area (Å²) < 4.78 is 5.37. The van der Waals surface area contributed by atoms with Crippen LogP contribution in [0.25, 0.3) is 0 Å². The van der Waals surface area contributed by atoms with Crippen LogP contribution in [0.2, 0.25) is 0 Å². The number of ether oxygens (including phenoxy) is 1. The number of carbonyl (C=O) groups excluding carboxylic acids is 3. The van der Waals surface area contributed by atoms with Gasteiger partial charge in [0.05, 0.1) is 17.7 Å². The van der Waals surface area contributed by atoms with E-state index in [0.717, 1.165) is 0 Å². The first-order valence-electron chi connectivity index (χ1n) is 9.58. The average Bonchev–Trinajstić information content (AvgIpc) is 3.03. The third-order valence-electron chi connectivity index (χ3n) is 4.82. The van der Waals surface area contributed by atoms with Crippen molar-refractivity contribution < 1.29 is 19.1 Å². The molecular formula is C25H18N2O4. The molecule has 4 rings (SSSR count). The quantitative estimate of drug-likeness (QED) is 0.496. The predicted molar refractivity (Wildman–Crippen MR) is 116 cm³/mol. The summed E-state index contributed by atoms with van der Waals surface area (Å²) in [5.41, 5.74) is 2.43. The van der Waals surface area contributed by atoms with E-state index < -0.39 is 0 Å². The molecule has 152 valence electrons. The van der Waals surface area contributed by atoms with Gasteiger partial charge < -0.3 is 10.1 Å². The van der Waals surface area contributed by atoms with Crippen molar-refractivity contribution in [2.75, 3.05) is 11.9 Å². The van der Waals surface area contributed by atoms with Crippen LogP contribution < -0.4 is 10.1 Å². The Hall–Kier alpha value is -4.37. The molecule has 3 aromatic carbocycles. The Bertz CT molecular complexity index is 1190. The van der Waals surface area contributed by atoms with Gasteiger partial charge in [-0.2, -0.15) is 0 Å². The van der Waals surface area contributed by atoms with E-state index in [-0.39, 0.29) is 30.9 Å². The number of imide groups is 1. The smallest absolute Gasteiger partial charge is 0.261 e. The summed E-state index contributed by atoms with van der Waals surface area (Å²) >= 11 is 0. The molecule has 0 aromatic heterocycles. The third kappa shape index (κ3) is 4.16. The Kier molecular flexibility index (Phi) is 5.50. The fourth-order valence-electron chi connectivity index (χ4n) is 3.37. The highest BCUT2D eigenvalue weighted by Crippen LogP contribution is 2.24. The van der Waals surface area contributed by atoms with Crippen LogP contribution in [0, 0.1) is 12.3 Å². The zero-order valence-electron chi connectivity index (χ0n) is 16.5. The number of nitrogens with one attached hydrogen (secondary N) is 1. The molecular weight excluding hydrogens is 392 g/mol. The highest BCUT2D eigenvalue weighted by molar-refractivity contribution is 6.21. The minimum Gasteiger partial charge on any atom is -0.481 e. The van der Waals surface area contributed by atoms with E-state index in [0.29, 0.717) is 33.7 Å². The molecule has 6 heteroatoms. The molecule has 31 heavy (non-hydrogen) atoms. The Morgan fingerprint density at radius 1 is 0.935 bits per heavy atom. The zero-order chi connectivity index (χ0) is 21.8. The standard InChI is InChI=1S/C25H18N2O4/c1-2-13-31-20-10-6-9-19(15-20)26-23(28)18-8-5-7-17(14-18)16-27-24(29)21-11-3-4-12-22(21)25(27)30/h1,3-12,14-15H,13,16H2,(H,26,28). The second-order valence-corrected chi connectivity index (χ2v) is 6.92. The van der Waals surface area contributed by atoms with Gasteiger partial charge in [-0.05, 0) is 42.0 Å². The number of benzene rings is 3. The SMILES string of the molecule is C#CCOc1cccc(NC(=O)c2cccc(CN3C(=O)c4ccccc4C3=O)c2)c1. The lowest BCUT2D eigenvalue weighted by atomic mass is 10.1. The minimum atomic E-state index is -0.334. The van der Waals surface area contributed by atoms with Gasteiger partial charge in [-0.1, -0.05) is 36.3 Å². The number of carbonyl (C=O) groups is 3. The van der Waals surface area contributed by atoms with Crippen LogP contribution in [-0.4, -0.2) is 29.2 Å². The van der Waals surface area contributed by atoms with Crippen molar-refractivity contribution >= 4 is 23.4 Å². The van der Waals surface area contributed by atoms with E-state index in [1.54, 1.807) is 72.8 Å². The molecule has 0 saturated carbocycles. The molecule has 0 spiro atoms. The summed E-state index contributed by atoms with van der Waals surface area (Å²) in [5.74, 6) is 1.95. The molecule has 0 bridgehead atoms. The molecule has 3 aromatic rings. The molecule has 1 heterocycles. The number of fused-ring (bicyclic) bond motifs is 1. The second kappa shape index (κ2) is 8.56. The van der Waals surface area contributed by atoms with Crippen molar-refractivity contribution in [2.24, 2.45) is 0 Å². The van der Waals surface area contributed by atoms with Crippen LogP contribution in [0.5, 0.6) is 5.75 Å². The summed E-state index contributed by atoms with van der Waals surface area (Å²) in [6.07, 6.45) is 5.20. The van der Waals surface area contributed by atoms with Gasteiger partial charge in [0, 0.05) is 17.3 Å². The van der Waals surface area contributed by atoms with Crippen LogP contribution in [0.15, 0.2) is 72.8 Å². The summed E-state index contributed by atoms with van der Waals surface area (Å²) in [6, 6.07) is 20.5. The molecule has 3 amide bonds. The number of hydrogen-bond acceptors (Lipinski definition) is 4. The number of terminal acetylenes is 1. The molecule has 1 aliphatic heterocycles. The lowest BCUT2D eigenvalue weighted by molar-refractivity contribution is 0.0642. The van der Waals surface area contributed by atoms with Crippen molar-refractivity contribution in [3.05, 3.63) is 95.1 Å². The van der Waals surface area contributed by atoms with Crippen LogP contribution in [-0.2, 0) is 6.54 Å². The number of rotatable bonds is 6. The highest BCUT2D eigenvalue weighted by atomic mass is 16.5. The van der Waals surface area contributed by atoms with Crippen molar-refractivity contribution in [1.82, 2.24) is 4.90 Å². The zero-order valence-corrected chi connectivity index (χ0v) is 16.5. The van der Waals surface area contributed by atoms with E-state index in [1.807, 2.05) is 0 Å². The van der Waals surface area contributed by atoms with Gasteiger partial charge in [0.25, 0.3) is 17.7 Å². The highest BCUT2D eigenvalue weighted by Gasteiger charge is 2.34. The monoisotopic (exact) mass is 410 g/mol. The van der Waals surface area contributed by atoms with Crippen molar-refractivity contribution in [2.45, 2.75) is 6.54 Å². The Morgan fingerprint density at radius 2 is 1.65 bits per heavy atom. The summed E-state index contributed by atoms with van der Waals surface area (Å²) in [7, 11) is 0. The second-order valence-electron chi connectivity index (χ2n) is 6.92. The van der Waals surface area contributed by atoms with Crippen molar-refractivity contribution in [3.8, 4) is 18.1 Å². The maximum Gasteiger partial charge on any atom is 0.261 e. The van der Waals surface area contributed by atoms with Gasteiger partial charge in [-0.3, -0.25) is 19.3 Å². The molecule has 6 nitrogen and oxygen atoms in total. The lowest BCUT2D eigenvalue weighted by Gasteiger charge is -2.14. The number of amides is 3. The van der Waals surface area contributed by atoms with Gasteiger partial charge in [0.2, 0.25) is 0 Å². The molecule has 1 aliphatic rings. The maximum absolute atomic E-state index is 12.7. The maximum atomic E-state index is 12.7. The largest absolute Gasteiger partial charge is 0.481 e. The number of hydrogen-bond donors (Lipinski definition) is 1. The van der Waals surface area contributed by atoms with Gasteiger partial charge in [0.15, 0.2) is 0 Å². The lowest BCUT2D eigenvalue weighted by Crippen LogP contribution is -2.29. The first-order valence-corrected chi connectivity index (χ1v) is 9.58. The Morgan fingerprint density at radius 3 is 2.35 bits per heavy atom. The number of nitrogens with zero attached hydrogens (tertiary/aromatic N) is 1. The summed E-state index contributed by atoms with van der Waals surface area (Å²) in [6.45, 7) is 0.222. The molecule has 0 radical (unpaired) electrons. The third-order valence-corrected chi connectivity index (χ3v) is 4.82. The molecule has 0 atom stereocenters. The predicted octanol–water partition coefficient (Wildman–Crippen LogP) is 3.75. The van der Waals surface area contributed by atoms with E-state index in [9.17, 15) is 14.4 Å². The Balaban J connectivity index is 1.48. The molecule has 0 fully saturated rings. The van der Waals surface area contributed by atoms with Crippen LogP contribution >= 0.6 is 0 Å². The van der Waals surface area contributed by atoms with Crippen LogP contribution in [0.3, 0.4) is 0 Å². The Labute approximate surface area is 179 Å². The summed E-state index contributed by atoms with van der Waals surface area (Å²) in [4.78, 5) is 39.1. The first kappa shape index (κ1) is 19.9. The fourth-order valence-corrected chi connectivity index (χ4v) is 3.37. The van der Waals surface area contributed by atoms with Gasteiger partial charge >= 0.3 is 0 Å². The van der Waals surface area contributed by atoms with Crippen molar-refractivity contribution in [3.63, 3.8) is 0 Å². The van der Waals surface area contributed by atoms with Gasteiger partial charge in [-0.15, -0.1) is 6.42 Å². The van der Waals surface area contributed by atoms with E-state index >= 15 is 0 Å². The molecule has 0 aliphatic carbocycles. The number of anilines is 1. The van der Waals surface area contributed by atoms with E-state index in [2.05, 4.69) is 11.2 Å². The normalized spacial score (nSPS) is 12.3. The summed E-state index contributed by atoms with van der Waals surface area (Å²) in [5, 5.41) is 2.81. The van der Waals surface area contributed by atoms with E-state index in [4.69, 9.17) is 11.2 Å². The molecule has 1 N–H and O–H groups in total. The van der Waals surface area contributed by atoms with Crippen molar-refractivity contribution in [1.29, 1.82) is 0 Å². The van der Waals surface area contributed by atoms with Gasteiger partial charge in [0.1, 0.15) is 12.4 Å². The van der Waals surface area contributed by atoms with E-state index in [1.165, 1.54) is 4.90 Å². The minimum absolute atomic E-state index is 0.0862. The first-order chi connectivity index (χ1) is 15.1. The molecule has 0 saturated heterocycles.